The van der Waals surface area contributed by atoms with Gasteiger partial charge in [-0.15, -0.1) is 0 Å². The molecule has 2 heterocycles. The summed E-state index contributed by atoms with van der Waals surface area (Å²) in [7, 11) is 0. The Morgan fingerprint density at radius 3 is 2.79 bits per heavy atom. The second kappa shape index (κ2) is 5.91. The zero-order valence-corrected chi connectivity index (χ0v) is 12.1. The molecule has 5 nitrogen and oxygen atoms in total. The van der Waals surface area contributed by atoms with Gasteiger partial charge in [-0.2, -0.15) is 0 Å². The number of nitrogens with one attached hydrogen (secondary N) is 2. The van der Waals surface area contributed by atoms with Crippen molar-refractivity contribution in [2.45, 2.75) is 40.2 Å². The highest BCUT2D eigenvalue weighted by Gasteiger charge is 2.11. The zero-order chi connectivity index (χ0) is 13.8. The lowest BCUT2D eigenvalue weighted by molar-refractivity contribution is 0.539. The molecule has 2 rings (SSSR count). The molecule has 1 atom stereocenters. The van der Waals surface area contributed by atoms with Crippen molar-refractivity contribution in [3.8, 4) is 0 Å². The summed E-state index contributed by atoms with van der Waals surface area (Å²) in [5, 5.41) is 6.71. The molecule has 0 saturated carbocycles. The van der Waals surface area contributed by atoms with E-state index in [2.05, 4.69) is 48.3 Å². The molecule has 0 aliphatic carbocycles. The molecular formula is C14H23N5. The summed E-state index contributed by atoms with van der Waals surface area (Å²) in [6, 6.07) is 0.380. The normalized spacial score (nSPS) is 12.9. The van der Waals surface area contributed by atoms with Crippen LogP contribution in [0.3, 0.4) is 0 Å². The molecule has 0 bridgehead atoms. The van der Waals surface area contributed by atoms with E-state index in [-0.39, 0.29) is 0 Å². The molecule has 19 heavy (non-hydrogen) atoms. The van der Waals surface area contributed by atoms with Crippen LogP contribution in [0.5, 0.6) is 0 Å². The fourth-order valence-corrected chi connectivity index (χ4v) is 2.29. The van der Waals surface area contributed by atoms with Crippen LogP contribution in [0.25, 0.3) is 5.65 Å². The van der Waals surface area contributed by atoms with Crippen LogP contribution in [0, 0.1) is 5.92 Å². The molecule has 5 heteroatoms. The maximum Gasteiger partial charge on any atom is 0.180 e. The number of fused-ring (bicyclic) bond motifs is 1. The minimum atomic E-state index is 0.380. The van der Waals surface area contributed by atoms with Gasteiger partial charge in [0.15, 0.2) is 11.5 Å². The molecule has 0 saturated heterocycles. The first-order valence-corrected chi connectivity index (χ1v) is 6.94. The summed E-state index contributed by atoms with van der Waals surface area (Å²) in [6.45, 7) is 9.56. The van der Waals surface area contributed by atoms with E-state index in [0.717, 1.165) is 30.2 Å². The highest BCUT2D eigenvalue weighted by Crippen LogP contribution is 2.18. The lowest BCUT2D eigenvalue weighted by Gasteiger charge is -2.17. The topological polar surface area (TPSA) is 54.2 Å². The lowest BCUT2D eigenvalue weighted by Crippen LogP contribution is -2.19. The quantitative estimate of drug-likeness (QED) is 0.839. The van der Waals surface area contributed by atoms with Crippen molar-refractivity contribution in [3.63, 3.8) is 0 Å². The molecule has 2 aromatic heterocycles. The summed E-state index contributed by atoms with van der Waals surface area (Å²) in [6.07, 6.45) is 6.81. The number of hydrogen-bond donors (Lipinski definition) is 2. The second-order valence-electron chi connectivity index (χ2n) is 5.34. The Morgan fingerprint density at radius 2 is 2.11 bits per heavy atom. The first-order valence-electron chi connectivity index (χ1n) is 6.94. The van der Waals surface area contributed by atoms with Gasteiger partial charge in [-0.05, 0) is 26.2 Å². The van der Waals surface area contributed by atoms with Gasteiger partial charge in [-0.25, -0.2) is 9.97 Å². The molecular weight excluding hydrogens is 238 g/mol. The van der Waals surface area contributed by atoms with Crippen LogP contribution in [-0.2, 0) is 0 Å². The van der Waals surface area contributed by atoms with Crippen molar-refractivity contribution in [3.05, 3.63) is 18.6 Å². The van der Waals surface area contributed by atoms with Crippen LogP contribution in [-0.4, -0.2) is 27.0 Å². The number of hydrogen-bond acceptors (Lipinski definition) is 4. The van der Waals surface area contributed by atoms with Crippen LogP contribution in [0.4, 0.5) is 11.6 Å². The minimum Gasteiger partial charge on any atom is -0.369 e. The van der Waals surface area contributed by atoms with Gasteiger partial charge < -0.3 is 15.0 Å². The molecule has 0 radical (unpaired) electrons. The van der Waals surface area contributed by atoms with E-state index in [1.54, 1.807) is 6.20 Å². The number of anilines is 2. The average Bonchev–Trinajstić information content (AvgIpc) is 2.76. The molecule has 2 aromatic rings. The van der Waals surface area contributed by atoms with Crippen molar-refractivity contribution in [1.29, 1.82) is 0 Å². The van der Waals surface area contributed by atoms with Gasteiger partial charge in [0.25, 0.3) is 0 Å². The monoisotopic (exact) mass is 261 g/mol. The van der Waals surface area contributed by atoms with E-state index in [1.807, 2.05) is 16.8 Å². The van der Waals surface area contributed by atoms with E-state index < -0.39 is 0 Å². The molecule has 1 unspecified atom stereocenters. The predicted molar refractivity (Wildman–Crippen MR) is 79.7 cm³/mol. The van der Waals surface area contributed by atoms with E-state index in [1.165, 1.54) is 0 Å². The molecule has 2 N–H and O–H groups in total. The summed E-state index contributed by atoms with van der Waals surface area (Å²) in [5.41, 5.74) is 0.872. The molecule has 0 aliphatic heterocycles. The Kier molecular flexibility index (Phi) is 4.24. The van der Waals surface area contributed by atoms with Gasteiger partial charge in [0.2, 0.25) is 0 Å². The fourth-order valence-electron chi connectivity index (χ4n) is 2.29. The molecule has 0 spiro atoms. The van der Waals surface area contributed by atoms with Gasteiger partial charge in [0, 0.05) is 25.0 Å². The van der Waals surface area contributed by atoms with Crippen molar-refractivity contribution in [2.24, 2.45) is 5.92 Å². The van der Waals surface area contributed by atoms with E-state index >= 15 is 0 Å². The molecule has 0 aromatic carbocycles. The van der Waals surface area contributed by atoms with Crippen LogP contribution < -0.4 is 10.6 Å². The van der Waals surface area contributed by atoms with Crippen LogP contribution >= 0.6 is 0 Å². The standard InChI is InChI=1S/C14H23N5/c1-5-15-12-9-19-7-6-16-14(19)13(18-12)17-11(4)8-10(2)3/h6-7,9-11,15H,5,8H2,1-4H3,(H,17,18). The predicted octanol–water partition coefficient (Wildman–Crippen LogP) is 3.01. The summed E-state index contributed by atoms with van der Waals surface area (Å²) in [5.74, 6) is 2.37. The summed E-state index contributed by atoms with van der Waals surface area (Å²) in [4.78, 5) is 8.97. The van der Waals surface area contributed by atoms with Gasteiger partial charge >= 0.3 is 0 Å². The fraction of sp³-hybridized carbons (Fsp3) is 0.571. The van der Waals surface area contributed by atoms with E-state index in [0.29, 0.717) is 12.0 Å². The summed E-state index contributed by atoms with van der Waals surface area (Å²) >= 11 is 0. The van der Waals surface area contributed by atoms with Gasteiger partial charge in [0.1, 0.15) is 5.82 Å². The Morgan fingerprint density at radius 1 is 1.32 bits per heavy atom. The third-order valence-corrected chi connectivity index (χ3v) is 2.94. The highest BCUT2D eigenvalue weighted by atomic mass is 15.1. The summed E-state index contributed by atoms with van der Waals surface area (Å²) < 4.78 is 2.00. The first-order chi connectivity index (χ1) is 9.10. The van der Waals surface area contributed by atoms with Crippen molar-refractivity contribution < 1.29 is 0 Å². The molecule has 104 valence electrons. The van der Waals surface area contributed by atoms with Crippen molar-refractivity contribution in [2.75, 3.05) is 17.2 Å². The number of imidazole rings is 1. The number of nitrogens with zero attached hydrogens (tertiary/aromatic N) is 3. The number of rotatable bonds is 6. The maximum atomic E-state index is 4.60. The van der Waals surface area contributed by atoms with Crippen LogP contribution in [0.15, 0.2) is 18.6 Å². The van der Waals surface area contributed by atoms with E-state index in [9.17, 15) is 0 Å². The third kappa shape index (κ3) is 3.36. The average molecular weight is 261 g/mol. The van der Waals surface area contributed by atoms with Crippen molar-refractivity contribution >= 4 is 17.3 Å². The minimum absolute atomic E-state index is 0.380. The first kappa shape index (κ1) is 13.6. The Bertz CT molecular complexity index is 532. The Balaban J connectivity index is 2.26. The highest BCUT2D eigenvalue weighted by molar-refractivity contribution is 5.65. The molecule has 0 fully saturated rings. The third-order valence-electron chi connectivity index (χ3n) is 2.94. The molecule has 0 aliphatic rings. The SMILES string of the molecule is CCNc1cn2ccnc2c(NC(C)CC(C)C)n1. The zero-order valence-electron chi connectivity index (χ0n) is 12.1. The largest absolute Gasteiger partial charge is 0.369 e. The van der Waals surface area contributed by atoms with E-state index in [4.69, 9.17) is 0 Å². The van der Waals surface area contributed by atoms with Gasteiger partial charge in [-0.1, -0.05) is 13.8 Å². The Hall–Kier alpha value is -1.78. The van der Waals surface area contributed by atoms with Gasteiger partial charge in [0.05, 0.1) is 6.20 Å². The second-order valence-corrected chi connectivity index (χ2v) is 5.34. The Labute approximate surface area is 114 Å². The smallest absolute Gasteiger partial charge is 0.180 e. The maximum absolute atomic E-state index is 4.60. The van der Waals surface area contributed by atoms with Gasteiger partial charge in [-0.3, -0.25) is 0 Å². The van der Waals surface area contributed by atoms with Crippen molar-refractivity contribution in [1.82, 2.24) is 14.4 Å². The number of aromatic nitrogens is 3. The molecule has 0 amide bonds. The van der Waals surface area contributed by atoms with Crippen LogP contribution in [0.1, 0.15) is 34.1 Å². The lowest BCUT2D eigenvalue weighted by atomic mass is 10.1. The van der Waals surface area contributed by atoms with Crippen LogP contribution in [0.2, 0.25) is 0 Å².